The molecule has 2 aliphatic rings. The number of carboxylic acids is 4. The molecule has 0 bridgehead atoms. The Morgan fingerprint density at radius 2 is 1.21 bits per heavy atom. The van der Waals surface area contributed by atoms with Crippen molar-refractivity contribution < 1.29 is 49.2 Å². The molecule has 0 spiro atoms. The Bertz CT molecular complexity index is 1560. The number of carbonyl (C=O) groups is 6. The maximum absolute atomic E-state index is 13.1. The van der Waals surface area contributed by atoms with Crippen molar-refractivity contribution in [2.24, 2.45) is 0 Å². The number of aliphatic carboxylic acids is 4. The van der Waals surface area contributed by atoms with Crippen LogP contribution >= 0.6 is 0 Å². The number of benzene rings is 2. The van der Waals surface area contributed by atoms with Crippen LogP contribution in [0.15, 0.2) is 48.5 Å². The highest BCUT2D eigenvalue weighted by molar-refractivity contribution is 6.10. The zero-order valence-electron chi connectivity index (χ0n) is 29.4. The minimum atomic E-state index is -1.09. The molecular weight excluding hydrogens is 676 g/mol. The Morgan fingerprint density at radius 1 is 0.712 bits per heavy atom. The average Bonchev–Trinajstić information content (AvgIpc) is 3.43. The molecule has 2 aromatic carbocycles. The fourth-order valence-electron chi connectivity index (χ4n) is 6.59. The molecule has 2 atom stereocenters. The van der Waals surface area contributed by atoms with Crippen molar-refractivity contribution in [3.8, 4) is 0 Å². The largest absolute Gasteiger partial charge is 0.480 e. The third-order valence-electron chi connectivity index (χ3n) is 9.55. The maximum atomic E-state index is 13.1. The SMILES string of the molecule is CC(C(=O)NCCCC(C(=O)O)N1CCN(CC(=O)O)CCN(CC(=O)O)CCN(CC(=O)O)CC1)c1ccc(N2Cc3ccccc3C2=O)cc1. The van der Waals surface area contributed by atoms with Gasteiger partial charge >= 0.3 is 23.9 Å². The second kappa shape index (κ2) is 19.1. The number of carboxylic acid groups (broad SMARTS) is 4. The summed E-state index contributed by atoms with van der Waals surface area (Å²) in [5, 5.41) is 41.4. The highest BCUT2D eigenvalue weighted by Crippen LogP contribution is 2.29. The molecule has 0 saturated carbocycles. The first-order valence-corrected chi connectivity index (χ1v) is 17.4. The van der Waals surface area contributed by atoms with Gasteiger partial charge in [0.15, 0.2) is 0 Å². The normalized spacial score (nSPS) is 18.1. The molecule has 2 heterocycles. The van der Waals surface area contributed by atoms with Gasteiger partial charge in [0.1, 0.15) is 6.04 Å². The Balaban J connectivity index is 1.35. The van der Waals surface area contributed by atoms with Crippen LogP contribution in [0.4, 0.5) is 5.69 Å². The highest BCUT2D eigenvalue weighted by Gasteiger charge is 2.30. The van der Waals surface area contributed by atoms with Gasteiger partial charge < -0.3 is 30.6 Å². The summed E-state index contributed by atoms with van der Waals surface area (Å²) in [6.07, 6.45) is 0.513. The Hall–Kier alpha value is -4.90. The van der Waals surface area contributed by atoms with E-state index in [1.807, 2.05) is 48.5 Å². The van der Waals surface area contributed by atoms with E-state index in [1.54, 1.807) is 31.4 Å². The molecule has 2 amide bonds. The van der Waals surface area contributed by atoms with Crippen LogP contribution in [0.1, 0.15) is 47.2 Å². The summed E-state index contributed by atoms with van der Waals surface area (Å²) < 4.78 is 0. The lowest BCUT2D eigenvalue weighted by Gasteiger charge is -2.35. The first kappa shape index (κ1) is 39.9. The predicted molar refractivity (Wildman–Crippen MR) is 189 cm³/mol. The molecule has 0 aliphatic carbocycles. The van der Waals surface area contributed by atoms with E-state index in [-0.39, 0.29) is 96.8 Å². The lowest BCUT2D eigenvalue weighted by molar-refractivity contribution is -0.145. The second-order valence-electron chi connectivity index (χ2n) is 13.2. The van der Waals surface area contributed by atoms with E-state index >= 15 is 0 Å². The Morgan fingerprint density at radius 3 is 1.69 bits per heavy atom. The summed E-state index contributed by atoms with van der Waals surface area (Å²) in [4.78, 5) is 81.4. The van der Waals surface area contributed by atoms with Crippen molar-refractivity contribution in [1.82, 2.24) is 24.9 Å². The predicted octanol–water partition coefficient (Wildman–Crippen LogP) is 0.776. The number of anilines is 1. The molecule has 1 fully saturated rings. The fourth-order valence-corrected chi connectivity index (χ4v) is 6.59. The highest BCUT2D eigenvalue weighted by atomic mass is 16.4. The Kier molecular flexibility index (Phi) is 14.6. The van der Waals surface area contributed by atoms with E-state index in [1.165, 1.54) is 0 Å². The van der Waals surface area contributed by atoms with Crippen LogP contribution in [0.25, 0.3) is 0 Å². The van der Waals surface area contributed by atoms with E-state index in [9.17, 15) is 49.2 Å². The molecule has 16 heteroatoms. The van der Waals surface area contributed by atoms with E-state index in [2.05, 4.69) is 5.32 Å². The van der Waals surface area contributed by atoms with E-state index in [0.717, 1.165) is 16.8 Å². The first-order valence-electron chi connectivity index (χ1n) is 17.4. The summed E-state index contributed by atoms with van der Waals surface area (Å²) in [5.74, 6) is -5.09. The molecule has 16 nitrogen and oxygen atoms in total. The van der Waals surface area contributed by atoms with Crippen molar-refractivity contribution >= 4 is 41.4 Å². The summed E-state index contributed by atoms with van der Waals surface area (Å²) >= 11 is 0. The van der Waals surface area contributed by atoms with Crippen molar-refractivity contribution in [1.29, 1.82) is 0 Å². The van der Waals surface area contributed by atoms with Gasteiger partial charge in [-0.25, -0.2) is 0 Å². The van der Waals surface area contributed by atoms with Gasteiger partial charge in [-0.05, 0) is 49.1 Å². The van der Waals surface area contributed by atoms with Crippen molar-refractivity contribution in [2.45, 2.75) is 38.3 Å². The van der Waals surface area contributed by atoms with Gasteiger partial charge in [0, 0.05) is 70.2 Å². The van der Waals surface area contributed by atoms with E-state index in [0.29, 0.717) is 18.5 Å². The number of rotatable bonds is 15. The van der Waals surface area contributed by atoms with Crippen molar-refractivity contribution in [3.63, 3.8) is 0 Å². The zero-order chi connectivity index (χ0) is 37.8. The molecule has 0 radical (unpaired) electrons. The van der Waals surface area contributed by atoms with Gasteiger partial charge in [-0.2, -0.15) is 0 Å². The number of nitrogens with zero attached hydrogens (tertiary/aromatic N) is 5. The monoisotopic (exact) mass is 724 g/mol. The molecule has 52 heavy (non-hydrogen) atoms. The number of carbonyl (C=O) groups excluding carboxylic acids is 2. The molecule has 282 valence electrons. The molecule has 4 rings (SSSR count). The molecule has 5 N–H and O–H groups in total. The number of hydrogen-bond donors (Lipinski definition) is 5. The molecular formula is C36H48N6O10. The summed E-state index contributed by atoms with van der Waals surface area (Å²) in [6, 6.07) is 13.8. The molecule has 1 saturated heterocycles. The lowest BCUT2D eigenvalue weighted by Crippen LogP contribution is -2.52. The van der Waals surface area contributed by atoms with Gasteiger partial charge in [0.25, 0.3) is 5.91 Å². The minimum Gasteiger partial charge on any atom is -0.480 e. The van der Waals surface area contributed by atoms with Crippen molar-refractivity contribution in [2.75, 3.05) is 83.4 Å². The third-order valence-corrected chi connectivity index (χ3v) is 9.55. The smallest absolute Gasteiger partial charge is 0.320 e. The number of nitrogens with one attached hydrogen (secondary N) is 1. The standard InChI is InChI=1S/C36H48N6O10/c1-25(26-8-10-28(11-9-26)42-21-27-5-2-3-6-29(27)35(42)50)34(49)37-12-4-7-30(36(51)52)41-19-17-39(23-32(45)46)15-13-38(22-31(43)44)14-16-40(18-20-41)24-33(47)48/h2-3,5-6,8-11,25,30H,4,7,12-24H2,1H3,(H,37,49)(H,43,44)(H,45,46)(H,47,48)(H,51,52). The topological polar surface area (TPSA) is 212 Å². The molecule has 2 aliphatic heterocycles. The Labute approximate surface area is 302 Å². The number of hydrogen-bond acceptors (Lipinski definition) is 10. The van der Waals surface area contributed by atoms with Crippen LogP contribution in [0.2, 0.25) is 0 Å². The second-order valence-corrected chi connectivity index (χ2v) is 13.2. The van der Waals surface area contributed by atoms with Crippen LogP contribution in [0.5, 0.6) is 0 Å². The summed E-state index contributed by atoms with van der Waals surface area (Å²) in [5.41, 5.74) is 3.13. The van der Waals surface area contributed by atoms with Crippen LogP contribution in [-0.2, 0) is 30.5 Å². The first-order chi connectivity index (χ1) is 24.8. The van der Waals surface area contributed by atoms with Gasteiger partial charge in [-0.1, -0.05) is 30.3 Å². The van der Waals surface area contributed by atoms with Gasteiger partial charge in [-0.3, -0.25) is 48.4 Å². The van der Waals surface area contributed by atoms with Crippen LogP contribution < -0.4 is 10.2 Å². The average molecular weight is 725 g/mol. The zero-order valence-corrected chi connectivity index (χ0v) is 29.4. The molecule has 0 aromatic heterocycles. The maximum Gasteiger partial charge on any atom is 0.320 e. The molecule has 2 aromatic rings. The van der Waals surface area contributed by atoms with Gasteiger partial charge in [-0.15, -0.1) is 0 Å². The van der Waals surface area contributed by atoms with Gasteiger partial charge in [0.05, 0.1) is 32.1 Å². The third kappa shape index (κ3) is 11.6. The number of fused-ring (bicyclic) bond motifs is 1. The van der Waals surface area contributed by atoms with Crippen LogP contribution in [0.3, 0.4) is 0 Å². The fraction of sp³-hybridized carbons (Fsp3) is 0.500. The van der Waals surface area contributed by atoms with Gasteiger partial charge in [0.2, 0.25) is 5.91 Å². The lowest BCUT2D eigenvalue weighted by atomic mass is 9.99. The summed E-state index contributed by atoms with van der Waals surface area (Å²) in [6.45, 7) is 3.23. The van der Waals surface area contributed by atoms with E-state index in [4.69, 9.17) is 0 Å². The summed E-state index contributed by atoms with van der Waals surface area (Å²) in [7, 11) is 0. The number of amides is 2. The minimum absolute atomic E-state index is 0.0685. The van der Waals surface area contributed by atoms with Crippen LogP contribution in [-0.4, -0.2) is 160 Å². The van der Waals surface area contributed by atoms with Crippen LogP contribution in [0, 0.1) is 0 Å². The quantitative estimate of drug-likeness (QED) is 0.161. The van der Waals surface area contributed by atoms with Crippen molar-refractivity contribution in [3.05, 3.63) is 65.2 Å². The van der Waals surface area contributed by atoms with E-state index < -0.39 is 35.8 Å². The molecule has 2 unspecified atom stereocenters.